The molecule has 0 saturated carbocycles. The van der Waals surface area contributed by atoms with Crippen LogP contribution in [0.5, 0.6) is 0 Å². The number of carbonyl (C=O) groups is 2. The molecule has 0 radical (unpaired) electrons. The van der Waals surface area contributed by atoms with Crippen molar-refractivity contribution in [2.75, 3.05) is 4.90 Å². The van der Waals surface area contributed by atoms with Gasteiger partial charge in [0.15, 0.2) is 0 Å². The Morgan fingerprint density at radius 2 is 1.75 bits per heavy atom. The summed E-state index contributed by atoms with van der Waals surface area (Å²) in [6, 6.07) is 13.0. The monoisotopic (exact) mass is 268 g/mol. The van der Waals surface area contributed by atoms with Crippen LogP contribution in [0, 0.1) is 0 Å². The normalized spacial score (nSPS) is 18.2. The van der Waals surface area contributed by atoms with E-state index in [1.807, 2.05) is 50.2 Å². The van der Waals surface area contributed by atoms with Crippen molar-refractivity contribution in [3.63, 3.8) is 0 Å². The van der Waals surface area contributed by atoms with Gasteiger partial charge in [-0.3, -0.25) is 4.79 Å². The van der Waals surface area contributed by atoms with Crippen molar-refractivity contribution in [3.05, 3.63) is 42.5 Å². The van der Waals surface area contributed by atoms with Crippen LogP contribution in [0.2, 0.25) is 0 Å². The maximum absolute atomic E-state index is 12.3. The second kappa shape index (κ2) is 4.34. The van der Waals surface area contributed by atoms with Crippen molar-refractivity contribution in [1.29, 1.82) is 0 Å². The molecule has 0 aromatic heterocycles. The molecular weight excluding hydrogens is 252 g/mol. The van der Waals surface area contributed by atoms with E-state index in [2.05, 4.69) is 5.32 Å². The number of fused-ring (bicyclic) bond motifs is 1. The third-order valence-electron chi connectivity index (χ3n) is 3.50. The molecule has 1 saturated heterocycles. The standard InChI is InChI=1S/C16H16N2O2/c1-16(2)10-14(19)18(15(20)17-16)13-9-5-7-11-6-3-4-8-12(11)13/h3-9H,10H2,1-2H3,(H,17,20). The summed E-state index contributed by atoms with van der Waals surface area (Å²) >= 11 is 0. The molecule has 0 unspecified atom stereocenters. The zero-order valence-corrected chi connectivity index (χ0v) is 11.5. The highest BCUT2D eigenvalue weighted by molar-refractivity contribution is 6.20. The van der Waals surface area contributed by atoms with Crippen molar-refractivity contribution in [1.82, 2.24) is 5.32 Å². The molecule has 0 aliphatic carbocycles. The molecule has 1 heterocycles. The van der Waals surface area contributed by atoms with Crippen LogP contribution in [-0.2, 0) is 4.79 Å². The second-order valence-corrected chi connectivity index (χ2v) is 5.72. The number of nitrogens with zero attached hydrogens (tertiary/aromatic N) is 1. The first-order valence-electron chi connectivity index (χ1n) is 6.61. The van der Waals surface area contributed by atoms with E-state index in [0.29, 0.717) is 12.1 Å². The maximum atomic E-state index is 12.3. The number of nitrogens with one attached hydrogen (secondary N) is 1. The number of carbonyl (C=O) groups excluding carboxylic acids is 2. The van der Waals surface area contributed by atoms with Gasteiger partial charge in [0.25, 0.3) is 0 Å². The lowest BCUT2D eigenvalue weighted by Gasteiger charge is -2.36. The van der Waals surface area contributed by atoms with E-state index in [1.165, 1.54) is 4.90 Å². The summed E-state index contributed by atoms with van der Waals surface area (Å²) in [5.41, 5.74) is 0.149. The van der Waals surface area contributed by atoms with Gasteiger partial charge in [-0.05, 0) is 25.3 Å². The van der Waals surface area contributed by atoms with Gasteiger partial charge < -0.3 is 5.32 Å². The summed E-state index contributed by atoms with van der Waals surface area (Å²) in [7, 11) is 0. The predicted molar refractivity (Wildman–Crippen MR) is 78.7 cm³/mol. The quantitative estimate of drug-likeness (QED) is 0.864. The summed E-state index contributed by atoms with van der Waals surface area (Å²) < 4.78 is 0. The van der Waals surface area contributed by atoms with Crippen LogP contribution in [0.1, 0.15) is 20.3 Å². The number of rotatable bonds is 1. The largest absolute Gasteiger partial charge is 0.332 e. The molecular formula is C16H16N2O2. The van der Waals surface area contributed by atoms with E-state index in [-0.39, 0.29) is 11.9 Å². The van der Waals surface area contributed by atoms with Crippen LogP contribution in [0.4, 0.5) is 10.5 Å². The first kappa shape index (κ1) is 12.7. The Hall–Kier alpha value is -2.36. The third kappa shape index (κ3) is 2.03. The average molecular weight is 268 g/mol. The van der Waals surface area contributed by atoms with Crippen LogP contribution in [-0.4, -0.2) is 17.5 Å². The number of amides is 3. The molecule has 102 valence electrons. The zero-order valence-electron chi connectivity index (χ0n) is 11.5. The SMILES string of the molecule is CC1(C)CC(=O)N(c2cccc3ccccc23)C(=O)N1. The van der Waals surface area contributed by atoms with Crippen LogP contribution in [0.3, 0.4) is 0 Å². The molecule has 1 aliphatic heterocycles. The number of imide groups is 1. The highest BCUT2D eigenvalue weighted by Gasteiger charge is 2.37. The average Bonchev–Trinajstić information content (AvgIpc) is 2.36. The van der Waals surface area contributed by atoms with Crippen LogP contribution >= 0.6 is 0 Å². The van der Waals surface area contributed by atoms with Gasteiger partial charge in [-0.25, -0.2) is 9.69 Å². The van der Waals surface area contributed by atoms with Crippen LogP contribution < -0.4 is 10.2 Å². The van der Waals surface area contributed by atoms with E-state index in [4.69, 9.17) is 0 Å². The molecule has 4 nitrogen and oxygen atoms in total. The van der Waals surface area contributed by atoms with Crippen molar-refractivity contribution >= 4 is 28.4 Å². The van der Waals surface area contributed by atoms with Gasteiger partial charge >= 0.3 is 6.03 Å². The van der Waals surface area contributed by atoms with Crippen molar-refractivity contribution < 1.29 is 9.59 Å². The lowest BCUT2D eigenvalue weighted by Crippen LogP contribution is -2.59. The van der Waals surface area contributed by atoms with Crippen molar-refractivity contribution in [2.24, 2.45) is 0 Å². The smallest absolute Gasteiger partial charge is 0.329 e. The molecule has 1 fully saturated rings. The first-order valence-corrected chi connectivity index (χ1v) is 6.61. The number of urea groups is 1. The van der Waals surface area contributed by atoms with Gasteiger partial charge in [0.1, 0.15) is 0 Å². The third-order valence-corrected chi connectivity index (χ3v) is 3.50. The summed E-state index contributed by atoms with van der Waals surface area (Å²) in [5.74, 6) is -0.171. The van der Waals surface area contributed by atoms with Crippen molar-refractivity contribution in [2.45, 2.75) is 25.8 Å². The number of hydrogen-bond acceptors (Lipinski definition) is 2. The minimum Gasteiger partial charge on any atom is -0.332 e. The van der Waals surface area contributed by atoms with E-state index in [9.17, 15) is 9.59 Å². The molecule has 1 N–H and O–H groups in total. The fraction of sp³-hybridized carbons (Fsp3) is 0.250. The number of anilines is 1. The molecule has 20 heavy (non-hydrogen) atoms. The fourth-order valence-corrected chi connectivity index (χ4v) is 2.61. The highest BCUT2D eigenvalue weighted by atomic mass is 16.2. The zero-order chi connectivity index (χ0) is 14.3. The highest BCUT2D eigenvalue weighted by Crippen LogP contribution is 2.30. The number of benzene rings is 2. The molecule has 2 aromatic carbocycles. The maximum Gasteiger partial charge on any atom is 0.329 e. The first-order chi connectivity index (χ1) is 9.48. The lowest BCUT2D eigenvalue weighted by atomic mass is 9.97. The van der Waals surface area contributed by atoms with Crippen LogP contribution in [0.25, 0.3) is 10.8 Å². The lowest BCUT2D eigenvalue weighted by molar-refractivity contribution is -0.119. The van der Waals surface area contributed by atoms with Gasteiger partial charge in [-0.15, -0.1) is 0 Å². The Labute approximate surface area is 117 Å². The summed E-state index contributed by atoms with van der Waals surface area (Å²) in [5, 5.41) is 4.78. The van der Waals surface area contributed by atoms with E-state index in [0.717, 1.165) is 10.8 Å². The summed E-state index contributed by atoms with van der Waals surface area (Å²) in [6.07, 6.45) is 0.294. The van der Waals surface area contributed by atoms with E-state index in [1.54, 1.807) is 6.07 Å². The minimum absolute atomic E-state index is 0.171. The molecule has 1 aliphatic rings. The van der Waals surface area contributed by atoms with Gasteiger partial charge in [-0.1, -0.05) is 36.4 Å². The van der Waals surface area contributed by atoms with Crippen molar-refractivity contribution in [3.8, 4) is 0 Å². The molecule has 4 heteroatoms. The summed E-state index contributed by atoms with van der Waals surface area (Å²) in [6.45, 7) is 3.70. The molecule has 0 bridgehead atoms. The second-order valence-electron chi connectivity index (χ2n) is 5.72. The van der Waals surface area contributed by atoms with Gasteiger partial charge in [-0.2, -0.15) is 0 Å². The Morgan fingerprint density at radius 1 is 1.05 bits per heavy atom. The Bertz CT molecular complexity index is 681. The molecule has 3 rings (SSSR count). The minimum atomic E-state index is -0.491. The molecule has 0 spiro atoms. The Morgan fingerprint density at radius 3 is 2.50 bits per heavy atom. The number of hydrogen-bond donors (Lipinski definition) is 1. The fourth-order valence-electron chi connectivity index (χ4n) is 2.61. The van der Waals surface area contributed by atoms with E-state index >= 15 is 0 Å². The summed E-state index contributed by atoms with van der Waals surface area (Å²) in [4.78, 5) is 25.8. The van der Waals surface area contributed by atoms with E-state index < -0.39 is 5.54 Å². The topological polar surface area (TPSA) is 49.4 Å². The molecule has 3 amide bonds. The van der Waals surface area contributed by atoms with Crippen LogP contribution in [0.15, 0.2) is 42.5 Å². The molecule has 2 aromatic rings. The Kier molecular flexibility index (Phi) is 2.74. The van der Waals surface area contributed by atoms with Gasteiger partial charge in [0.05, 0.1) is 12.1 Å². The van der Waals surface area contributed by atoms with Gasteiger partial charge in [0.2, 0.25) is 5.91 Å². The van der Waals surface area contributed by atoms with Gasteiger partial charge in [0, 0.05) is 10.9 Å². The Balaban J connectivity index is 2.12. The predicted octanol–water partition coefficient (Wildman–Crippen LogP) is 3.06. The molecule has 0 atom stereocenters.